The van der Waals surface area contributed by atoms with Gasteiger partial charge < -0.3 is 20.1 Å². The van der Waals surface area contributed by atoms with Gasteiger partial charge in [0.2, 0.25) is 5.91 Å². The molecule has 0 aromatic heterocycles. The van der Waals surface area contributed by atoms with Crippen molar-refractivity contribution in [3.8, 4) is 11.1 Å². The predicted molar refractivity (Wildman–Crippen MR) is 128 cm³/mol. The van der Waals surface area contributed by atoms with E-state index in [2.05, 4.69) is 29.6 Å². The van der Waals surface area contributed by atoms with Gasteiger partial charge in [-0.15, -0.1) is 0 Å². The largest absolute Gasteiger partial charge is 0.481 e. The molecule has 2 aromatic carbocycles. The van der Waals surface area contributed by atoms with Crippen LogP contribution in [0.15, 0.2) is 48.5 Å². The molecule has 7 nitrogen and oxygen atoms in total. The molecule has 1 saturated carbocycles. The Bertz CT molecular complexity index is 1000. The summed E-state index contributed by atoms with van der Waals surface area (Å²) in [5, 5.41) is 11.8. The molecule has 1 fully saturated rings. The maximum Gasteiger partial charge on any atom is 0.407 e. The van der Waals surface area contributed by atoms with Crippen molar-refractivity contribution < 1.29 is 24.2 Å². The Hall–Kier alpha value is -3.35. The SMILES string of the molecule is CC(CCC(=O)N(CCC(=O)O)CC1CC1)NC(=O)OCC1c2ccccc2-c2ccccc21. The van der Waals surface area contributed by atoms with E-state index in [4.69, 9.17) is 9.84 Å². The number of nitrogens with one attached hydrogen (secondary N) is 1. The highest BCUT2D eigenvalue weighted by molar-refractivity contribution is 5.79. The van der Waals surface area contributed by atoms with E-state index in [9.17, 15) is 14.4 Å². The van der Waals surface area contributed by atoms with E-state index in [1.807, 2.05) is 31.2 Å². The molecule has 0 spiro atoms. The lowest BCUT2D eigenvalue weighted by atomic mass is 9.98. The Morgan fingerprint density at radius 2 is 1.65 bits per heavy atom. The molecule has 2 aliphatic rings. The topological polar surface area (TPSA) is 95.9 Å². The van der Waals surface area contributed by atoms with Crippen molar-refractivity contribution in [3.63, 3.8) is 0 Å². The highest BCUT2D eigenvalue weighted by Gasteiger charge is 2.29. The molecule has 180 valence electrons. The van der Waals surface area contributed by atoms with Gasteiger partial charge in [0.25, 0.3) is 0 Å². The molecule has 1 atom stereocenters. The average Bonchev–Trinajstić information content (AvgIpc) is 3.59. The number of hydrogen-bond donors (Lipinski definition) is 2. The Balaban J connectivity index is 1.25. The number of fused-ring (bicyclic) bond motifs is 3. The zero-order valence-electron chi connectivity index (χ0n) is 19.5. The molecule has 2 aliphatic carbocycles. The fourth-order valence-electron chi connectivity index (χ4n) is 4.57. The fraction of sp³-hybridized carbons (Fsp3) is 0.444. The second kappa shape index (κ2) is 10.7. The van der Waals surface area contributed by atoms with Gasteiger partial charge in [-0.3, -0.25) is 9.59 Å². The second-order valence-corrected chi connectivity index (χ2v) is 9.34. The third-order valence-electron chi connectivity index (χ3n) is 6.62. The van der Waals surface area contributed by atoms with Crippen LogP contribution in [0.3, 0.4) is 0 Å². The Labute approximate surface area is 200 Å². The molecule has 1 unspecified atom stereocenters. The van der Waals surface area contributed by atoms with Crippen molar-refractivity contribution in [2.24, 2.45) is 5.92 Å². The number of carbonyl (C=O) groups is 3. The minimum atomic E-state index is -0.904. The molecular weight excluding hydrogens is 432 g/mol. The molecule has 0 aliphatic heterocycles. The summed E-state index contributed by atoms with van der Waals surface area (Å²) in [6.07, 6.45) is 2.37. The van der Waals surface area contributed by atoms with E-state index in [1.165, 1.54) is 11.1 Å². The normalized spacial score (nSPS) is 15.2. The molecule has 4 rings (SSSR count). The summed E-state index contributed by atoms with van der Waals surface area (Å²) in [7, 11) is 0. The van der Waals surface area contributed by atoms with Crippen LogP contribution in [0.2, 0.25) is 0 Å². The van der Waals surface area contributed by atoms with Gasteiger partial charge in [-0.1, -0.05) is 48.5 Å². The van der Waals surface area contributed by atoms with Gasteiger partial charge in [0, 0.05) is 31.5 Å². The van der Waals surface area contributed by atoms with Gasteiger partial charge in [0.15, 0.2) is 0 Å². The van der Waals surface area contributed by atoms with Crippen molar-refractivity contribution in [2.45, 2.75) is 51.0 Å². The van der Waals surface area contributed by atoms with Gasteiger partial charge >= 0.3 is 12.1 Å². The minimum Gasteiger partial charge on any atom is -0.481 e. The number of carbonyl (C=O) groups excluding carboxylic acids is 2. The van der Waals surface area contributed by atoms with Crippen LogP contribution < -0.4 is 5.32 Å². The first-order valence-corrected chi connectivity index (χ1v) is 12.0. The van der Waals surface area contributed by atoms with Crippen molar-refractivity contribution in [1.82, 2.24) is 10.2 Å². The minimum absolute atomic E-state index is 0.000233. The number of rotatable bonds is 11. The van der Waals surface area contributed by atoms with Gasteiger partial charge in [0.05, 0.1) is 6.42 Å². The highest BCUT2D eigenvalue weighted by atomic mass is 16.5. The second-order valence-electron chi connectivity index (χ2n) is 9.34. The first kappa shape index (κ1) is 23.8. The van der Waals surface area contributed by atoms with Gasteiger partial charge in [-0.2, -0.15) is 0 Å². The Kier molecular flexibility index (Phi) is 7.50. The zero-order chi connectivity index (χ0) is 24.1. The van der Waals surface area contributed by atoms with Crippen molar-refractivity contribution >= 4 is 18.0 Å². The van der Waals surface area contributed by atoms with Crippen LogP contribution in [0.4, 0.5) is 4.79 Å². The zero-order valence-corrected chi connectivity index (χ0v) is 19.5. The molecule has 7 heteroatoms. The number of benzene rings is 2. The lowest BCUT2D eigenvalue weighted by molar-refractivity contribution is -0.138. The number of carboxylic acids is 1. The lowest BCUT2D eigenvalue weighted by Crippen LogP contribution is -2.37. The molecule has 2 amide bonds. The third kappa shape index (κ3) is 5.95. The molecule has 0 heterocycles. The van der Waals surface area contributed by atoms with Crippen molar-refractivity contribution in [3.05, 3.63) is 59.7 Å². The Morgan fingerprint density at radius 3 is 2.24 bits per heavy atom. The first-order chi connectivity index (χ1) is 16.4. The maximum absolute atomic E-state index is 12.6. The lowest BCUT2D eigenvalue weighted by Gasteiger charge is -2.23. The summed E-state index contributed by atoms with van der Waals surface area (Å²) in [6.45, 7) is 2.95. The number of carboxylic acid groups (broad SMARTS) is 1. The highest BCUT2D eigenvalue weighted by Crippen LogP contribution is 2.44. The first-order valence-electron chi connectivity index (χ1n) is 12.0. The summed E-state index contributed by atoms with van der Waals surface area (Å²) in [5.74, 6) is -0.470. The number of ether oxygens (including phenoxy) is 1. The van der Waals surface area contributed by atoms with Gasteiger partial charge in [-0.25, -0.2) is 4.79 Å². The fourth-order valence-corrected chi connectivity index (χ4v) is 4.57. The molecular formula is C27H32N2O5. The van der Waals surface area contributed by atoms with Crippen LogP contribution in [-0.2, 0) is 14.3 Å². The quantitative estimate of drug-likeness (QED) is 0.514. The van der Waals surface area contributed by atoms with E-state index >= 15 is 0 Å². The van der Waals surface area contributed by atoms with Crippen LogP contribution >= 0.6 is 0 Å². The van der Waals surface area contributed by atoms with E-state index in [0.29, 0.717) is 18.9 Å². The summed E-state index contributed by atoms with van der Waals surface area (Å²) in [5.41, 5.74) is 4.68. The van der Waals surface area contributed by atoms with Crippen molar-refractivity contribution in [1.29, 1.82) is 0 Å². The average molecular weight is 465 g/mol. The third-order valence-corrected chi connectivity index (χ3v) is 6.62. The van der Waals surface area contributed by atoms with Crippen molar-refractivity contribution in [2.75, 3.05) is 19.7 Å². The molecule has 34 heavy (non-hydrogen) atoms. The monoisotopic (exact) mass is 464 g/mol. The van der Waals surface area contributed by atoms with Crippen LogP contribution in [0.5, 0.6) is 0 Å². The predicted octanol–water partition coefficient (Wildman–Crippen LogP) is 4.41. The van der Waals surface area contributed by atoms with E-state index < -0.39 is 12.1 Å². The van der Waals surface area contributed by atoms with Crippen LogP contribution in [0.25, 0.3) is 11.1 Å². The van der Waals surface area contributed by atoms with E-state index in [-0.39, 0.29) is 43.9 Å². The number of hydrogen-bond acceptors (Lipinski definition) is 4. The summed E-state index contributed by atoms with van der Waals surface area (Å²) >= 11 is 0. The summed E-state index contributed by atoms with van der Waals surface area (Å²) in [4.78, 5) is 37.6. The van der Waals surface area contributed by atoms with Crippen LogP contribution in [0, 0.1) is 5.92 Å². The smallest absolute Gasteiger partial charge is 0.407 e. The molecule has 2 N–H and O–H groups in total. The maximum atomic E-state index is 12.6. The molecule has 0 radical (unpaired) electrons. The van der Waals surface area contributed by atoms with E-state index in [0.717, 1.165) is 24.0 Å². The Morgan fingerprint density at radius 1 is 1.03 bits per heavy atom. The van der Waals surface area contributed by atoms with Crippen LogP contribution in [0.1, 0.15) is 56.1 Å². The molecule has 0 saturated heterocycles. The standard InChI is InChI=1S/C27H32N2O5/c1-18(10-13-25(30)29(15-14-26(31)32)16-19-11-12-19)28-27(33)34-17-24-22-8-4-2-6-20(22)21-7-3-5-9-23(21)24/h2-9,18-19,24H,10-17H2,1H3,(H,28,33)(H,31,32). The van der Waals surface area contributed by atoms with E-state index in [1.54, 1.807) is 4.90 Å². The number of alkyl carbamates (subject to hydrolysis) is 1. The summed E-state index contributed by atoms with van der Waals surface area (Å²) < 4.78 is 5.58. The summed E-state index contributed by atoms with van der Waals surface area (Å²) in [6, 6.07) is 16.1. The number of aliphatic carboxylic acids is 1. The van der Waals surface area contributed by atoms with Gasteiger partial charge in [0.1, 0.15) is 6.61 Å². The number of amides is 2. The molecule has 0 bridgehead atoms. The van der Waals surface area contributed by atoms with Crippen LogP contribution in [-0.4, -0.2) is 53.7 Å². The number of nitrogens with zero attached hydrogens (tertiary/aromatic N) is 1. The van der Waals surface area contributed by atoms with Gasteiger partial charge in [-0.05, 0) is 54.4 Å². The molecule has 2 aromatic rings.